The first-order valence-electron chi connectivity index (χ1n) is 5.28. The molecule has 2 nitrogen and oxygen atoms in total. The predicted molar refractivity (Wildman–Crippen MR) is 77.8 cm³/mol. The van der Waals surface area contributed by atoms with Gasteiger partial charge in [-0.2, -0.15) is 11.8 Å². The van der Waals surface area contributed by atoms with Crippen LogP contribution in [0.25, 0.3) is 10.6 Å². The number of nitrogens with two attached hydrogens (primary N) is 1. The number of rotatable bonds is 5. The van der Waals surface area contributed by atoms with Crippen molar-refractivity contribution in [1.29, 1.82) is 0 Å². The first kappa shape index (κ1) is 12.9. The molecule has 2 aromatic rings. The maximum atomic E-state index is 6.14. The van der Waals surface area contributed by atoms with Crippen molar-refractivity contribution in [1.82, 2.24) is 4.98 Å². The molecule has 0 saturated heterocycles. The molecule has 0 radical (unpaired) electrons. The van der Waals surface area contributed by atoms with Gasteiger partial charge in [-0.05, 0) is 6.07 Å². The second-order valence-electron chi connectivity index (χ2n) is 3.47. The van der Waals surface area contributed by atoms with Crippen LogP contribution in [0.2, 0.25) is 5.02 Å². The Kier molecular flexibility index (Phi) is 4.86. The minimum absolute atomic E-state index is 0.714. The van der Waals surface area contributed by atoms with Crippen molar-refractivity contribution < 1.29 is 0 Å². The normalized spacial score (nSPS) is 10.7. The molecule has 17 heavy (non-hydrogen) atoms. The van der Waals surface area contributed by atoms with E-state index in [1.165, 1.54) is 0 Å². The molecule has 1 heterocycles. The van der Waals surface area contributed by atoms with E-state index in [2.05, 4.69) is 10.4 Å². The third kappa shape index (κ3) is 3.45. The van der Waals surface area contributed by atoms with E-state index in [1.54, 1.807) is 23.1 Å². The lowest BCUT2D eigenvalue weighted by Crippen LogP contribution is -2.01. The molecule has 2 rings (SSSR count). The second kappa shape index (κ2) is 6.40. The maximum Gasteiger partial charge on any atom is 0.125 e. The van der Waals surface area contributed by atoms with E-state index in [9.17, 15) is 0 Å². The fourth-order valence-corrected chi connectivity index (χ4v) is 3.31. The summed E-state index contributed by atoms with van der Waals surface area (Å²) in [5, 5.41) is 3.82. The zero-order valence-electron chi connectivity index (χ0n) is 9.23. The Morgan fingerprint density at radius 1 is 1.35 bits per heavy atom. The molecule has 1 aromatic heterocycles. The first-order chi connectivity index (χ1) is 8.31. The van der Waals surface area contributed by atoms with Crippen LogP contribution >= 0.6 is 34.7 Å². The second-order valence-corrected chi connectivity index (χ2v) is 5.84. The number of aromatic nitrogens is 1. The van der Waals surface area contributed by atoms with Gasteiger partial charge in [0.25, 0.3) is 0 Å². The lowest BCUT2D eigenvalue weighted by molar-refractivity contribution is 1.14. The van der Waals surface area contributed by atoms with Gasteiger partial charge in [0.2, 0.25) is 0 Å². The highest BCUT2D eigenvalue weighted by Gasteiger charge is 2.07. The number of thiazole rings is 1. The quantitative estimate of drug-likeness (QED) is 0.852. The van der Waals surface area contributed by atoms with Crippen LogP contribution in [0.3, 0.4) is 0 Å². The molecule has 0 saturated carbocycles. The Morgan fingerprint density at radius 2 is 2.18 bits per heavy atom. The molecular weight excluding hydrogens is 272 g/mol. The summed E-state index contributed by atoms with van der Waals surface area (Å²) in [4.78, 5) is 4.59. The van der Waals surface area contributed by atoms with Crippen LogP contribution in [0.15, 0.2) is 29.6 Å². The standard InChI is InChI=1S/C12H13ClN2S2/c13-11-4-2-1-3-10(11)12-15-9(8-17-12)7-16-6-5-14/h1-4,8H,5-7,14H2. The smallest absolute Gasteiger partial charge is 0.125 e. The largest absolute Gasteiger partial charge is 0.330 e. The first-order valence-corrected chi connectivity index (χ1v) is 7.69. The van der Waals surface area contributed by atoms with Crippen molar-refractivity contribution in [3.8, 4) is 10.6 Å². The van der Waals surface area contributed by atoms with Crippen LogP contribution in [0, 0.1) is 0 Å². The highest BCUT2D eigenvalue weighted by molar-refractivity contribution is 7.98. The van der Waals surface area contributed by atoms with Gasteiger partial charge in [-0.1, -0.05) is 29.8 Å². The number of thioether (sulfide) groups is 1. The van der Waals surface area contributed by atoms with Gasteiger partial charge >= 0.3 is 0 Å². The average Bonchev–Trinajstić information content (AvgIpc) is 2.79. The molecule has 0 amide bonds. The summed E-state index contributed by atoms with van der Waals surface area (Å²) in [7, 11) is 0. The van der Waals surface area contributed by atoms with E-state index in [4.69, 9.17) is 17.3 Å². The van der Waals surface area contributed by atoms with Crippen molar-refractivity contribution in [3.05, 3.63) is 40.4 Å². The molecule has 0 fully saturated rings. The highest BCUT2D eigenvalue weighted by atomic mass is 35.5. The molecule has 0 spiro atoms. The van der Waals surface area contributed by atoms with E-state index >= 15 is 0 Å². The van der Waals surface area contributed by atoms with Crippen LogP contribution < -0.4 is 5.73 Å². The molecule has 1 aromatic carbocycles. The number of hydrogen-bond donors (Lipinski definition) is 1. The molecule has 5 heteroatoms. The zero-order chi connectivity index (χ0) is 12.1. The van der Waals surface area contributed by atoms with E-state index in [0.29, 0.717) is 6.54 Å². The van der Waals surface area contributed by atoms with E-state index in [-0.39, 0.29) is 0 Å². The summed E-state index contributed by atoms with van der Waals surface area (Å²) in [5.41, 5.74) is 7.56. The molecule has 0 bridgehead atoms. The van der Waals surface area contributed by atoms with Crippen LogP contribution in [0.5, 0.6) is 0 Å². The van der Waals surface area contributed by atoms with Crippen LogP contribution in [-0.2, 0) is 5.75 Å². The van der Waals surface area contributed by atoms with Crippen LogP contribution in [0.1, 0.15) is 5.69 Å². The van der Waals surface area contributed by atoms with Crippen molar-refractivity contribution in [3.63, 3.8) is 0 Å². The fourth-order valence-electron chi connectivity index (χ4n) is 1.39. The Bertz CT molecular complexity index is 485. The van der Waals surface area contributed by atoms with Gasteiger partial charge in [-0.25, -0.2) is 4.98 Å². The Balaban J connectivity index is 2.10. The highest BCUT2D eigenvalue weighted by Crippen LogP contribution is 2.30. The third-order valence-electron chi connectivity index (χ3n) is 2.17. The minimum atomic E-state index is 0.714. The molecule has 0 aliphatic carbocycles. The minimum Gasteiger partial charge on any atom is -0.330 e. The van der Waals surface area contributed by atoms with Crippen LogP contribution in [-0.4, -0.2) is 17.3 Å². The van der Waals surface area contributed by atoms with Gasteiger partial charge in [0.15, 0.2) is 0 Å². The number of benzene rings is 1. The van der Waals surface area contributed by atoms with Gasteiger partial charge in [-0.3, -0.25) is 0 Å². The zero-order valence-corrected chi connectivity index (χ0v) is 11.6. The Labute approximate surface area is 114 Å². The maximum absolute atomic E-state index is 6.14. The predicted octanol–water partition coefficient (Wildman–Crippen LogP) is 3.66. The van der Waals surface area contributed by atoms with Gasteiger partial charge in [0.1, 0.15) is 5.01 Å². The SMILES string of the molecule is NCCSCc1csc(-c2ccccc2Cl)n1. The molecular formula is C12H13ClN2S2. The Hall–Kier alpha value is -0.550. The van der Waals surface area contributed by atoms with Gasteiger partial charge in [0.05, 0.1) is 10.7 Å². The van der Waals surface area contributed by atoms with Crippen molar-refractivity contribution in [2.24, 2.45) is 5.73 Å². The lowest BCUT2D eigenvalue weighted by Gasteiger charge is -1.98. The fraction of sp³-hybridized carbons (Fsp3) is 0.250. The molecule has 0 atom stereocenters. The monoisotopic (exact) mass is 284 g/mol. The lowest BCUT2D eigenvalue weighted by atomic mass is 10.2. The summed E-state index contributed by atoms with van der Waals surface area (Å²) in [6, 6.07) is 7.79. The van der Waals surface area contributed by atoms with E-state index in [1.807, 2.05) is 24.3 Å². The molecule has 0 aliphatic heterocycles. The summed E-state index contributed by atoms with van der Waals surface area (Å²) in [6.07, 6.45) is 0. The molecule has 0 unspecified atom stereocenters. The topological polar surface area (TPSA) is 38.9 Å². The van der Waals surface area contributed by atoms with Gasteiger partial charge in [-0.15, -0.1) is 11.3 Å². The molecule has 90 valence electrons. The Morgan fingerprint density at radius 3 is 2.94 bits per heavy atom. The van der Waals surface area contributed by atoms with E-state index < -0.39 is 0 Å². The van der Waals surface area contributed by atoms with Gasteiger partial charge in [0, 0.05) is 29.0 Å². The average molecular weight is 285 g/mol. The summed E-state index contributed by atoms with van der Waals surface area (Å²) >= 11 is 9.58. The van der Waals surface area contributed by atoms with Crippen molar-refractivity contribution >= 4 is 34.7 Å². The third-order valence-corrected chi connectivity index (χ3v) is 4.45. The van der Waals surface area contributed by atoms with Crippen molar-refractivity contribution in [2.75, 3.05) is 12.3 Å². The van der Waals surface area contributed by atoms with Gasteiger partial charge < -0.3 is 5.73 Å². The number of hydrogen-bond acceptors (Lipinski definition) is 4. The summed E-state index contributed by atoms with van der Waals surface area (Å²) in [6.45, 7) is 0.714. The molecule has 0 aliphatic rings. The molecule has 2 N–H and O–H groups in total. The number of halogens is 1. The van der Waals surface area contributed by atoms with E-state index in [0.717, 1.165) is 32.8 Å². The summed E-state index contributed by atoms with van der Waals surface area (Å²) in [5.74, 6) is 1.89. The van der Waals surface area contributed by atoms with Crippen molar-refractivity contribution in [2.45, 2.75) is 5.75 Å². The number of nitrogens with zero attached hydrogens (tertiary/aromatic N) is 1. The summed E-state index contributed by atoms with van der Waals surface area (Å²) < 4.78 is 0. The van der Waals surface area contributed by atoms with Crippen LogP contribution in [0.4, 0.5) is 0 Å².